The largest absolute Gasteiger partial charge is 0.378 e. The van der Waals surface area contributed by atoms with Crippen LogP contribution in [0.1, 0.15) is 129 Å². The van der Waals surface area contributed by atoms with Gasteiger partial charge in [0.2, 0.25) is 5.28 Å². The summed E-state index contributed by atoms with van der Waals surface area (Å²) in [5.74, 6) is 0. The Bertz CT molecular complexity index is 486. The van der Waals surface area contributed by atoms with Crippen LogP contribution >= 0.6 is 7.68 Å². The van der Waals surface area contributed by atoms with E-state index in [-0.39, 0.29) is 0 Å². The molecule has 1 atom stereocenters. The van der Waals surface area contributed by atoms with E-state index in [2.05, 4.69) is 19.1 Å². The third kappa shape index (κ3) is 13.1. The van der Waals surface area contributed by atoms with E-state index in [4.69, 9.17) is 0 Å². The molecule has 0 N–H and O–H groups in total. The van der Waals surface area contributed by atoms with Gasteiger partial charge in [-0.3, -0.25) is 0 Å². The first kappa shape index (κ1) is 29.6. The molecule has 178 valence electrons. The van der Waals surface area contributed by atoms with E-state index in [1.54, 1.807) is 0 Å². The Kier molecular flexibility index (Phi) is 18.0. The average molecular weight is 443 g/mol. The van der Waals surface area contributed by atoms with Crippen LogP contribution in [0.15, 0.2) is 12.2 Å². The monoisotopic (exact) mass is 442 g/mol. The van der Waals surface area contributed by atoms with Crippen LogP contribution in [0.4, 0.5) is 0 Å². The zero-order valence-electron chi connectivity index (χ0n) is 21.1. The maximum Gasteiger partial charge on any atom is 0.378 e. The minimum absolute atomic E-state index is 0.513. The number of nitrogens with zero attached hydrogens (tertiary/aromatic N) is 1. The molecule has 0 aliphatic rings. The smallest absolute Gasteiger partial charge is 0.314 e. The average Bonchev–Trinajstić information content (AvgIpc) is 2.68. The second-order valence-electron chi connectivity index (χ2n) is 10.0. The molecule has 0 saturated carbocycles. The third-order valence-corrected chi connectivity index (χ3v) is 8.66. The fourth-order valence-corrected chi connectivity index (χ4v) is 5.68. The molecule has 30 heavy (non-hydrogen) atoms. The number of rotatable bonds is 21. The van der Waals surface area contributed by atoms with E-state index in [1.165, 1.54) is 96.3 Å². The van der Waals surface area contributed by atoms with Crippen molar-refractivity contribution < 1.29 is 13.6 Å². The molecule has 0 saturated heterocycles. The van der Waals surface area contributed by atoms with Crippen molar-refractivity contribution in [3.05, 3.63) is 12.2 Å². The maximum absolute atomic E-state index is 11.9. The van der Waals surface area contributed by atoms with E-state index in [0.717, 1.165) is 12.8 Å². The highest BCUT2D eigenvalue weighted by molar-refractivity contribution is 7.32. The van der Waals surface area contributed by atoms with Crippen molar-refractivity contribution in [1.82, 2.24) is 0 Å². The molecule has 1 unspecified atom stereocenters. The molecule has 3 nitrogen and oxygen atoms in total. The SMILES string of the molecule is CC=CCCCCCCCCCCCCCCCCCC(CC)(P(=O)=O)[N+](C)(C)C. The second-order valence-corrected chi connectivity index (χ2v) is 11.4. The molecule has 0 aliphatic heterocycles. The second kappa shape index (κ2) is 18.2. The summed E-state index contributed by atoms with van der Waals surface area (Å²) in [5.41, 5.74) is 0. The third-order valence-electron chi connectivity index (χ3n) is 6.84. The Labute approximate surface area is 189 Å². The molecule has 0 bridgehead atoms. The first-order valence-corrected chi connectivity index (χ1v) is 14.1. The molecule has 4 heteroatoms. The zero-order valence-corrected chi connectivity index (χ0v) is 22.0. The lowest BCUT2D eigenvalue weighted by Gasteiger charge is -2.40. The van der Waals surface area contributed by atoms with Crippen LogP contribution in [0.5, 0.6) is 0 Å². The van der Waals surface area contributed by atoms with Crippen LogP contribution in [0, 0.1) is 0 Å². The van der Waals surface area contributed by atoms with Crippen molar-refractivity contribution in [3.8, 4) is 0 Å². The lowest BCUT2D eigenvalue weighted by molar-refractivity contribution is -0.908. The molecule has 0 spiro atoms. The molecule has 0 rings (SSSR count). The van der Waals surface area contributed by atoms with Crippen LogP contribution in [0.3, 0.4) is 0 Å². The molecule has 0 aliphatic carbocycles. The Morgan fingerprint density at radius 3 is 1.33 bits per heavy atom. The van der Waals surface area contributed by atoms with Gasteiger partial charge in [-0.15, -0.1) is 0 Å². The summed E-state index contributed by atoms with van der Waals surface area (Å²) >= 11 is 0. The van der Waals surface area contributed by atoms with E-state index in [1.807, 2.05) is 28.1 Å². The van der Waals surface area contributed by atoms with Gasteiger partial charge in [0.15, 0.2) is 0 Å². The Morgan fingerprint density at radius 1 is 0.667 bits per heavy atom. The summed E-state index contributed by atoms with van der Waals surface area (Å²) in [5, 5.41) is -0.596. The van der Waals surface area contributed by atoms with Crippen LogP contribution in [-0.4, -0.2) is 30.9 Å². The fraction of sp³-hybridized carbons (Fsp3) is 0.923. The number of hydrogen-bond acceptors (Lipinski definition) is 2. The minimum atomic E-state index is -2.41. The van der Waals surface area contributed by atoms with Crippen molar-refractivity contribution in [2.24, 2.45) is 0 Å². The first-order chi connectivity index (χ1) is 14.3. The van der Waals surface area contributed by atoms with Gasteiger partial charge in [-0.25, -0.2) is 9.13 Å². The van der Waals surface area contributed by atoms with E-state index >= 15 is 0 Å². The van der Waals surface area contributed by atoms with Gasteiger partial charge in [0.25, 0.3) is 0 Å². The molecule has 0 radical (unpaired) electrons. The predicted molar refractivity (Wildman–Crippen MR) is 133 cm³/mol. The first-order valence-electron chi connectivity index (χ1n) is 12.9. The molecule has 0 aromatic rings. The molecule has 0 heterocycles. The van der Waals surface area contributed by atoms with E-state index in [9.17, 15) is 9.13 Å². The molecule has 0 amide bonds. The van der Waals surface area contributed by atoms with Crippen LogP contribution in [0.2, 0.25) is 0 Å². The minimum Gasteiger partial charge on any atom is -0.314 e. The quantitative estimate of drug-likeness (QED) is 0.0768. The summed E-state index contributed by atoms with van der Waals surface area (Å²) < 4.78 is 24.4. The Hall–Kier alpha value is -0.400. The fourth-order valence-electron chi connectivity index (χ4n) is 4.59. The lowest BCUT2D eigenvalue weighted by atomic mass is 10.0. The van der Waals surface area contributed by atoms with Crippen LogP contribution in [-0.2, 0) is 9.13 Å². The van der Waals surface area contributed by atoms with Gasteiger partial charge in [-0.2, -0.15) is 0 Å². The molecule has 0 aromatic carbocycles. The van der Waals surface area contributed by atoms with Crippen LogP contribution in [0.25, 0.3) is 0 Å². The van der Waals surface area contributed by atoms with Gasteiger partial charge in [-0.05, 0) is 26.2 Å². The highest BCUT2D eigenvalue weighted by atomic mass is 31.1. The van der Waals surface area contributed by atoms with Gasteiger partial charge in [0, 0.05) is 12.8 Å². The van der Waals surface area contributed by atoms with Gasteiger partial charge < -0.3 is 4.48 Å². The zero-order chi connectivity index (χ0) is 22.7. The highest BCUT2D eigenvalue weighted by Crippen LogP contribution is 2.43. The standard InChI is InChI=1S/C26H53NO2P/c1-6-8-9-10-11-12-13-14-15-16-17-18-19-20-21-22-23-24-25-26(7-2,30(28)29)27(3,4)5/h6,8H,7,9-25H2,1-5H3/q+1. The highest BCUT2D eigenvalue weighted by Gasteiger charge is 2.46. The maximum atomic E-state index is 11.9. The van der Waals surface area contributed by atoms with Crippen molar-refractivity contribution in [2.45, 2.75) is 135 Å². The van der Waals surface area contributed by atoms with Crippen molar-refractivity contribution in [1.29, 1.82) is 0 Å². The summed E-state index contributed by atoms with van der Waals surface area (Å²) in [6.07, 6.45) is 27.3. The number of unbranched alkanes of at least 4 members (excludes halogenated alkanes) is 15. The Morgan fingerprint density at radius 2 is 1.03 bits per heavy atom. The summed E-state index contributed by atoms with van der Waals surface area (Å²) in [4.78, 5) is 0. The summed E-state index contributed by atoms with van der Waals surface area (Å²) in [6, 6.07) is 0. The topological polar surface area (TPSA) is 34.1 Å². The van der Waals surface area contributed by atoms with Crippen molar-refractivity contribution in [3.63, 3.8) is 0 Å². The van der Waals surface area contributed by atoms with Gasteiger partial charge >= 0.3 is 7.68 Å². The van der Waals surface area contributed by atoms with E-state index in [0.29, 0.717) is 10.9 Å². The van der Waals surface area contributed by atoms with E-state index < -0.39 is 13.0 Å². The molecule has 0 aromatic heterocycles. The number of quaternary nitrogens is 1. The Balaban J connectivity index is 3.52. The van der Waals surface area contributed by atoms with Crippen LogP contribution < -0.4 is 0 Å². The van der Waals surface area contributed by atoms with Gasteiger partial charge in [-0.1, -0.05) is 103 Å². The predicted octanol–water partition coefficient (Wildman–Crippen LogP) is 9.18. The lowest BCUT2D eigenvalue weighted by Crippen LogP contribution is -2.53. The van der Waals surface area contributed by atoms with Crippen molar-refractivity contribution in [2.75, 3.05) is 21.1 Å². The summed E-state index contributed by atoms with van der Waals surface area (Å²) in [6.45, 7) is 4.12. The number of allylic oxidation sites excluding steroid dienone is 2. The van der Waals surface area contributed by atoms with Crippen molar-refractivity contribution >= 4 is 7.68 Å². The van der Waals surface area contributed by atoms with Gasteiger partial charge in [0.05, 0.1) is 21.1 Å². The molecular weight excluding hydrogens is 389 g/mol. The number of hydrogen-bond donors (Lipinski definition) is 0. The van der Waals surface area contributed by atoms with Gasteiger partial charge in [0.1, 0.15) is 0 Å². The summed E-state index contributed by atoms with van der Waals surface area (Å²) in [7, 11) is 3.63. The molecule has 0 fully saturated rings. The molecular formula is C26H53NO2P+. The normalized spacial score (nSPS) is 14.3.